The van der Waals surface area contributed by atoms with Gasteiger partial charge in [0.25, 0.3) is 0 Å². The van der Waals surface area contributed by atoms with Crippen LogP contribution in [0.15, 0.2) is 0 Å². The summed E-state index contributed by atoms with van der Waals surface area (Å²) in [6.45, 7) is 4.52. The van der Waals surface area contributed by atoms with Crippen LogP contribution in [0, 0.1) is 18.3 Å². The van der Waals surface area contributed by atoms with E-state index in [1.54, 1.807) is 0 Å². The lowest BCUT2D eigenvalue weighted by molar-refractivity contribution is 0.422. The van der Waals surface area contributed by atoms with Crippen molar-refractivity contribution < 1.29 is 0 Å². The van der Waals surface area contributed by atoms with E-state index in [9.17, 15) is 0 Å². The molecule has 0 heteroatoms. The van der Waals surface area contributed by atoms with Crippen molar-refractivity contribution in [3.05, 3.63) is 6.42 Å². The van der Waals surface area contributed by atoms with E-state index in [0.717, 1.165) is 11.8 Å². The topological polar surface area (TPSA) is 0 Å². The van der Waals surface area contributed by atoms with Crippen LogP contribution in [0.1, 0.15) is 39.5 Å². The lowest BCUT2D eigenvalue weighted by atomic mass is 9.92. The van der Waals surface area contributed by atoms with E-state index in [0.29, 0.717) is 0 Å². The van der Waals surface area contributed by atoms with E-state index in [1.165, 1.54) is 25.7 Å². The van der Waals surface area contributed by atoms with E-state index in [4.69, 9.17) is 0 Å². The van der Waals surface area contributed by atoms with Gasteiger partial charge in [-0.05, 0) is 24.7 Å². The average molecular weight is 125 g/mol. The normalized spacial score (nSPS) is 35.3. The molecular formula is C9H17. The van der Waals surface area contributed by atoms with E-state index in [-0.39, 0.29) is 0 Å². The van der Waals surface area contributed by atoms with E-state index in [2.05, 4.69) is 20.3 Å². The summed E-state index contributed by atoms with van der Waals surface area (Å²) in [5, 5.41) is 0. The second kappa shape index (κ2) is 3.24. The molecule has 1 saturated carbocycles. The highest BCUT2D eigenvalue weighted by Gasteiger charge is 2.23. The van der Waals surface area contributed by atoms with Crippen molar-refractivity contribution in [2.45, 2.75) is 39.5 Å². The Morgan fingerprint density at radius 1 is 1.44 bits per heavy atom. The third-order valence-electron chi connectivity index (χ3n) is 2.67. The van der Waals surface area contributed by atoms with Crippen molar-refractivity contribution in [2.24, 2.45) is 11.8 Å². The van der Waals surface area contributed by atoms with Crippen molar-refractivity contribution in [3.63, 3.8) is 0 Å². The summed E-state index contributed by atoms with van der Waals surface area (Å²) in [4.78, 5) is 0. The molecule has 0 N–H and O–H groups in total. The maximum absolute atomic E-state index is 2.39. The van der Waals surface area contributed by atoms with Crippen molar-refractivity contribution in [1.29, 1.82) is 0 Å². The van der Waals surface area contributed by atoms with Gasteiger partial charge in [0.1, 0.15) is 0 Å². The van der Waals surface area contributed by atoms with Gasteiger partial charge < -0.3 is 0 Å². The van der Waals surface area contributed by atoms with Gasteiger partial charge in [-0.2, -0.15) is 0 Å². The number of rotatable bonds is 2. The highest BCUT2D eigenvalue weighted by molar-refractivity contribution is 4.83. The minimum absolute atomic E-state index is 0.954. The zero-order valence-electron chi connectivity index (χ0n) is 6.56. The standard InChI is InChI=1S/C9H17/c1-3-8-6-5-7-9(8)4-2/h3,8-9H,4-7H2,1-2H3. The Morgan fingerprint density at radius 2 is 2.22 bits per heavy atom. The van der Waals surface area contributed by atoms with Crippen molar-refractivity contribution >= 4 is 0 Å². The van der Waals surface area contributed by atoms with Crippen molar-refractivity contribution in [2.75, 3.05) is 0 Å². The molecule has 0 amide bonds. The maximum atomic E-state index is 2.39. The van der Waals surface area contributed by atoms with Crippen LogP contribution < -0.4 is 0 Å². The third-order valence-corrected chi connectivity index (χ3v) is 2.67. The number of hydrogen-bond donors (Lipinski definition) is 0. The van der Waals surface area contributed by atoms with Crippen LogP contribution in [0.4, 0.5) is 0 Å². The monoisotopic (exact) mass is 125 g/mol. The maximum Gasteiger partial charge on any atom is -0.0358 e. The molecule has 1 fully saturated rings. The van der Waals surface area contributed by atoms with Crippen LogP contribution in [0.2, 0.25) is 0 Å². The summed E-state index contributed by atoms with van der Waals surface area (Å²) in [5.74, 6) is 1.98. The van der Waals surface area contributed by atoms with Gasteiger partial charge in [-0.25, -0.2) is 0 Å². The molecule has 0 aromatic heterocycles. The van der Waals surface area contributed by atoms with E-state index >= 15 is 0 Å². The highest BCUT2D eigenvalue weighted by atomic mass is 14.3. The van der Waals surface area contributed by atoms with Crippen molar-refractivity contribution in [1.82, 2.24) is 0 Å². The van der Waals surface area contributed by atoms with Crippen LogP contribution in [0.5, 0.6) is 0 Å². The lowest BCUT2D eigenvalue weighted by Gasteiger charge is -2.14. The molecule has 1 radical (unpaired) electrons. The van der Waals surface area contributed by atoms with E-state index < -0.39 is 0 Å². The molecule has 2 unspecified atom stereocenters. The highest BCUT2D eigenvalue weighted by Crippen LogP contribution is 2.35. The van der Waals surface area contributed by atoms with Gasteiger partial charge in [-0.1, -0.05) is 33.1 Å². The van der Waals surface area contributed by atoms with Gasteiger partial charge in [0, 0.05) is 0 Å². The molecule has 1 aliphatic carbocycles. The van der Waals surface area contributed by atoms with Crippen LogP contribution in [0.25, 0.3) is 0 Å². The zero-order valence-corrected chi connectivity index (χ0v) is 6.56. The summed E-state index contributed by atoms with van der Waals surface area (Å²) >= 11 is 0. The summed E-state index contributed by atoms with van der Waals surface area (Å²) in [7, 11) is 0. The summed E-state index contributed by atoms with van der Waals surface area (Å²) in [6.07, 6.45) is 8.17. The molecule has 0 saturated heterocycles. The first-order chi connectivity index (χ1) is 4.38. The molecule has 0 aromatic rings. The minimum atomic E-state index is 0.954. The van der Waals surface area contributed by atoms with Gasteiger partial charge in [0.15, 0.2) is 0 Å². The van der Waals surface area contributed by atoms with Gasteiger partial charge in [0.05, 0.1) is 0 Å². The molecule has 53 valence electrons. The molecule has 0 aromatic carbocycles. The van der Waals surface area contributed by atoms with Crippen molar-refractivity contribution in [3.8, 4) is 0 Å². The molecule has 0 bridgehead atoms. The largest absolute Gasteiger partial charge is 0.0651 e. The second-order valence-corrected chi connectivity index (χ2v) is 3.10. The summed E-state index contributed by atoms with van der Waals surface area (Å²) in [6, 6.07) is 0. The first kappa shape index (κ1) is 7.11. The van der Waals surface area contributed by atoms with Gasteiger partial charge >= 0.3 is 0 Å². The fourth-order valence-electron chi connectivity index (χ4n) is 2.01. The fourth-order valence-corrected chi connectivity index (χ4v) is 2.01. The molecule has 0 aliphatic heterocycles. The molecule has 0 spiro atoms. The third kappa shape index (κ3) is 1.47. The molecule has 0 heterocycles. The van der Waals surface area contributed by atoms with E-state index in [1.807, 2.05) is 0 Å². The predicted molar refractivity (Wildman–Crippen MR) is 41.1 cm³/mol. The van der Waals surface area contributed by atoms with Crippen LogP contribution in [-0.2, 0) is 0 Å². The van der Waals surface area contributed by atoms with Gasteiger partial charge in [0.2, 0.25) is 0 Å². The molecule has 1 rings (SSSR count). The predicted octanol–water partition coefficient (Wildman–Crippen LogP) is 3.04. The molecular weight excluding hydrogens is 108 g/mol. The van der Waals surface area contributed by atoms with Gasteiger partial charge in [-0.3, -0.25) is 0 Å². The number of hydrogen-bond acceptors (Lipinski definition) is 0. The Hall–Kier alpha value is 0. The average Bonchev–Trinajstić information content (AvgIpc) is 2.33. The summed E-state index contributed by atoms with van der Waals surface area (Å²) < 4.78 is 0. The first-order valence-corrected chi connectivity index (χ1v) is 4.18. The SMILES string of the molecule is C[CH]C1CCCC1CC. The minimum Gasteiger partial charge on any atom is -0.0651 e. The quantitative estimate of drug-likeness (QED) is 0.532. The van der Waals surface area contributed by atoms with Crippen LogP contribution in [0.3, 0.4) is 0 Å². The fraction of sp³-hybridized carbons (Fsp3) is 0.889. The molecule has 1 aliphatic rings. The Labute approximate surface area is 58.7 Å². The zero-order chi connectivity index (χ0) is 6.69. The Balaban J connectivity index is 2.32. The Morgan fingerprint density at radius 3 is 2.67 bits per heavy atom. The van der Waals surface area contributed by atoms with Crippen LogP contribution in [-0.4, -0.2) is 0 Å². The molecule has 9 heavy (non-hydrogen) atoms. The summed E-state index contributed by atoms with van der Waals surface area (Å²) in [5.41, 5.74) is 0. The van der Waals surface area contributed by atoms with Crippen LogP contribution >= 0.6 is 0 Å². The Bertz CT molecular complexity index is 66.1. The van der Waals surface area contributed by atoms with Gasteiger partial charge in [-0.15, -0.1) is 0 Å². The smallest absolute Gasteiger partial charge is 0.0358 e. The first-order valence-electron chi connectivity index (χ1n) is 4.18. The Kier molecular flexibility index (Phi) is 2.56. The lowest BCUT2D eigenvalue weighted by Crippen LogP contribution is -2.04. The molecule has 0 nitrogen and oxygen atoms in total. The second-order valence-electron chi connectivity index (χ2n) is 3.10. The molecule has 2 atom stereocenters.